The fourth-order valence-corrected chi connectivity index (χ4v) is 4.83. The number of benzene rings is 3. The Bertz CT molecular complexity index is 1260. The van der Waals surface area contributed by atoms with Crippen molar-refractivity contribution in [3.05, 3.63) is 74.6 Å². The molecule has 4 nitrogen and oxygen atoms in total. The lowest BCUT2D eigenvalue weighted by molar-refractivity contribution is 0.295. The maximum Gasteiger partial charge on any atom is 0.119 e. The summed E-state index contributed by atoms with van der Waals surface area (Å²) in [5, 5.41) is 6.61. The summed E-state index contributed by atoms with van der Waals surface area (Å²) in [6, 6.07) is 20.2. The Morgan fingerprint density at radius 2 is 1.64 bits per heavy atom. The Hall–Kier alpha value is -1.86. The SMILES string of the molecule is Brc1ccccc1Br.CCN(CC)CCCC(C)Nc1c2ccc(Cl)cc2nc2ccc(OC)cc12. The third-order valence-corrected chi connectivity index (χ3v) is 8.31. The van der Waals surface area contributed by atoms with Crippen molar-refractivity contribution in [2.75, 3.05) is 32.1 Å². The molecule has 0 bridgehead atoms. The molecule has 1 unspecified atom stereocenters. The van der Waals surface area contributed by atoms with Gasteiger partial charge in [-0.3, -0.25) is 0 Å². The highest BCUT2D eigenvalue weighted by Gasteiger charge is 2.13. The van der Waals surface area contributed by atoms with E-state index in [-0.39, 0.29) is 0 Å². The molecule has 0 aliphatic heterocycles. The summed E-state index contributed by atoms with van der Waals surface area (Å²) in [4.78, 5) is 7.27. The van der Waals surface area contributed by atoms with Crippen molar-refractivity contribution in [2.45, 2.75) is 39.7 Å². The average Bonchev–Trinajstić information content (AvgIpc) is 2.88. The molecule has 0 aliphatic carbocycles. The van der Waals surface area contributed by atoms with E-state index < -0.39 is 0 Å². The van der Waals surface area contributed by atoms with Crippen molar-refractivity contribution in [3.63, 3.8) is 0 Å². The van der Waals surface area contributed by atoms with Gasteiger partial charge in [-0.2, -0.15) is 0 Å². The molecule has 4 rings (SSSR count). The zero-order valence-corrected chi connectivity index (χ0v) is 25.3. The molecule has 0 amide bonds. The van der Waals surface area contributed by atoms with Gasteiger partial charge in [0.15, 0.2) is 0 Å². The summed E-state index contributed by atoms with van der Waals surface area (Å²) < 4.78 is 7.64. The molecule has 0 spiro atoms. The highest BCUT2D eigenvalue weighted by atomic mass is 79.9. The molecule has 0 fully saturated rings. The number of hydrogen-bond donors (Lipinski definition) is 1. The van der Waals surface area contributed by atoms with Crippen LogP contribution in [0.5, 0.6) is 5.75 Å². The predicted octanol–water partition coefficient (Wildman–Crippen LogP) is 9.18. The van der Waals surface area contributed by atoms with Gasteiger partial charge < -0.3 is 15.0 Å². The van der Waals surface area contributed by atoms with Gasteiger partial charge in [0.1, 0.15) is 5.75 Å². The molecular weight excluding hydrogens is 602 g/mol. The van der Waals surface area contributed by atoms with Gasteiger partial charge in [0, 0.05) is 30.8 Å². The van der Waals surface area contributed by atoms with Gasteiger partial charge >= 0.3 is 0 Å². The van der Waals surface area contributed by atoms with Crippen molar-refractivity contribution in [3.8, 4) is 5.75 Å². The lowest BCUT2D eigenvalue weighted by Gasteiger charge is -2.22. The number of methoxy groups -OCH3 is 1. The summed E-state index contributed by atoms with van der Waals surface area (Å²) in [5.74, 6) is 0.833. The van der Waals surface area contributed by atoms with Crippen LogP contribution in [-0.4, -0.2) is 42.7 Å². The van der Waals surface area contributed by atoms with Gasteiger partial charge in [0.2, 0.25) is 0 Å². The molecule has 3 aromatic carbocycles. The number of halogens is 3. The lowest BCUT2D eigenvalue weighted by Crippen LogP contribution is -2.25. The molecule has 0 aliphatic rings. The maximum absolute atomic E-state index is 6.22. The smallest absolute Gasteiger partial charge is 0.119 e. The Morgan fingerprint density at radius 3 is 2.25 bits per heavy atom. The predicted molar refractivity (Wildman–Crippen MR) is 163 cm³/mol. The molecule has 7 heteroatoms. The first kappa shape index (κ1) is 28.7. The molecule has 0 radical (unpaired) electrons. The summed E-state index contributed by atoms with van der Waals surface area (Å²) in [7, 11) is 1.69. The second-order valence-electron chi connectivity index (χ2n) is 8.66. The number of hydrogen-bond acceptors (Lipinski definition) is 4. The van der Waals surface area contributed by atoms with E-state index in [1.165, 1.54) is 6.42 Å². The van der Waals surface area contributed by atoms with Crippen LogP contribution in [-0.2, 0) is 0 Å². The van der Waals surface area contributed by atoms with E-state index in [0.717, 1.165) is 68.2 Å². The molecular formula is C29H34Br2ClN3O. The summed E-state index contributed by atoms with van der Waals surface area (Å²) in [5.41, 5.74) is 2.95. The second-order valence-corrected chi connectivity index (χ2v) is 10.8. The fraction of sp³-hybridized carbons (Fsp3) is 0.345. The quantitative estimate of drug-likeness (QED) is 0.186. The normalized spacial score (nSPS) is 11.9. The number of anilines is 1. The van der Waals surface area contributed by atoms with E-state index in [9.17, 15) is 0 Å². The molecule has 4 aromatic rings. The van der Waals surface area contributed by atoms with Crippen LogP contribution in [0, 0.1) is 0 Å². The summed E-state index contributed by atoms with van der Waals surface area (Å²) in [6.45, 7) is 10.0. The van der Waals surface area contributed by atoms with Crippen LogP contribution in [0.15, 0.2) is 69.6 Å². The van der Waals surface area contributed by atoms with Crippen LogP contribution >= 0.6 is 43.5 Å². The number of fused-ring (bicyclic) bond motifs is 2. The number of ether oxygens (including phenoxy) is 1. The van der Waals surface area contributed by atoms with E-state index in [1.54, 1.807) is 7.11 Å². The van der Waals surface area contributed by atoms with E-state index in [2.05, 4.69) is 75.0 Å². The number of aromatic nitrogens is 1. The third kappa shape index (κ3) is 7.82. The van der Waals surface area contributed by atoms with Gasteiger partial charge in [-0.25, -0.2) is 4.98 Å². The molecule has 36 heavy (non-hydrogen) atoms. The number of nitrogens with zero attached hydrogens (tertiary/aromatic N) is 2. The standard InChI is InChI=1S/C23H30ClN3O.C6H4Br2/c1-5-27(6-2)13-7-8-16(3)25-23-19-11-9-17(24)14-22(19)26-21-12-10-18(28-4)15-20(21)23;7-5-3-1-2-4-6(5)8/h9-12,14-16H,5-8,13H2,1-4H3,(H,25,26);1-4H. The fourth-order valence-electron chi connectivity index (χ4n) is 4.10. The summed E-state index contributed by atoms with van der Waals surface area (Å²) in [6.07, 6.45) is 2.28. The van der Waals surface area contributed by atoms with E-state index >= 15 is 0 Å². The third-order valence-electron chi connectivity index (χ3n) is 6.16. The van der Waals surface area contributed by atoms with Crippen LogP contribution in [0.3, 0.4) is 0 Å². The Balaban J connectivity index is 0.000000383. The highest BCUT2D eigenvalue weighted by Crippen LogP contribution is 2.34. The van der Waals surface area contributed by atoms with Crippen LogP contribution in [0.4, 0.5) is 5.69 Å². The Kier molecular flexibility index (Phi) is 11.3. The molecule has 192 valence electrons. The van der Waals surface area contributed by atoms with Crippen molar-refractivity contribution in [1.29, 1.82) is 0 Å². The van der Waals surface area contributed by atoms with Crippen LogP contribution in [0.2, 0.25) is 5.02 Å². The second kappa shape index (κ2) is 14.2. The van der Waals surface area contributed by atoms with Crippen molar-refractivity contribution in [2.24, 2.45) is 0 Å². The molecule has 0 saturated carbocycles. The average molecular weight is 636 g/mol. The monoisotopic (exact) mass is 633 g/mol. The summed E-state index contributed by atoms with van der Waals surface area (Å²) >= 11 is 12.9. The van der Waals surface area contributed by atoms with Crippen LogP contribution in [0.1, 0.15) is 33.6 Å². The van der Waals surface area contributed by atoms with Gasteiger partial charge in [0.25, 0.3) is 0 Å². The number of rotatable bonds is 9. The van der Waals surface area contributed by atoms with Gasteiger partial charge in [0.05, 0.1) is 23.8 Å². The van der Waals surface area contributed by atoms with E-state index in [4.69, 9.17) is 21.3 Å². The Labute approximate surface area is 236 Å². The van der Waals surface area contributed by atoms with Crippen LogP contribution < -0.4 is 10.1 Å². The largest absolute Gasteiger partial charge is 0.497 e. The number of pyridine rings is 1. The van der Waals surface area contributed by atoms with Gasteiger partial charge in [-0.15, -0.1) is 0 Å². The van der Waals surface area contributed by atoms with Crippen molar-refractivity contribution in [1.82, 2.24) is 9.88 Å². The zero-order chi connectivity index (χ0) is 26.1. The highest BCUT2D eigenvalue weighted by molar-refractivity contribution is 9.13. The molecule has 1 atom stereocenters. The first-order valence-electron chi connectivity index (χ1n) is 12.3. The van der Waals surface area contributed by atoms with E-state index in [0.29, 0.717) is 11.1 Å². The first-order valence-corrected chi connectivity index (χ1v) is 14.3. The first-order chi connectivity index (χ1) is 17.4. The maximum atomic E-state index is 6.22. The van der Waals surface area contributed by atoms with Crippen molar-refractivity contribution < 1.29 is 4.74 Å². The van der Waals surface area contributed by atoms with Gasteiger partial charge in [-0.1, -0.05) is 37.6 Å². The van der Waals surface area contributed by atoms with Gasteiger partial charge in [-0.05, 0) is 120 Å². The molecule has 1 aromatic heterocycles. The molecule has 0 saturated heterocycles. The molecule has 1 heterocycles. The lowest BCUT2D eigenvalue weighted by atomic mass is 10.1. The Morgan fingerprint density at radius 1 is 0.944 bits per heavy atom. The van der Waals surface area contributed by atoms with Crippen LogP contribution in [0.25, 0.3) is 21.8 Å². The van der Waals surface area contributed by atoms with Crippen molar-refractivity contribution >= 4 is 71.0 Å². The van der Waals surface area contributed by atoms with E-state index in [1.807, 2.05) is 48.5 Å². The minimum atomic E-state index is 0.353. The number of nitrogens with one attached hydrogen (secondary N) is 1. The molecule has 1 N–H and O–H groups in total. The topological polar surface area (TPSA) is 37.4 Å². The zero-order valence-electron chi connectivity index (χ0n) is 21.3. The minimum absolute atomic E-state index is 0.353. The minimum Gasteiger partial charge on any atom is -0.497 e.